The summed E-state index contributed by atoms with van der Waals surface area (Å²) in [6.45, 7) is 1.72. The predicted octanol–water partition coefficient (Wildman–Crippen LogP) is 5.39. The van der Waals surface area contributed by atoms with Crippen molar-refractivity contribution in [2.24, 2.45) is 0 Å². The number of nitrogens with zero attached hydrogens (tertiary/aromatic N) is 1. The summed E-state index contributed by atoms with van der Waals surface area (Å²) in [5.41, 5.74) is 3.61. The Bertz CT molecular complexity index is 1220. The lowest BCUT2D eigenvalue weighted by molar-refractivity contribution is 0.0695. The van der Waals surface area contributed by atoms with Crippen LogP contribution in [0.3, 0.4) is 0 Å². The molecule has 0 bridgehead atoms. The van der Waals surface area contributed by atoms with Crippen LogP contribution in [0.25, 0.3) is 22.2 Å². The van der Waals surface area contributed by atoms with Gasteiger partial charge in [-0.3, -0.25) is 0 Å². The van der Waals surface area contributed by atoms with Crippen molar-refractivity contribution in [2.45, 2.75) is 6.92 Å². The zero-order valence-electron chi connectivity index (χ0n) is 14.7. The molecule has 0 unspecified atom stereocenters. The van der Waals surface area contributed by atoms with Gasteiger partial charge < -0.3 is 19.9 Å². The van der Waals surface area contributed by atoms with Gasteiger partial charge in [-0.2, -0.15) is 4.98 Å². The van der Waals surface area contributed by atoms with Crippen LogP contribution in [0.2, 0.25) is 5.02 Å². The summed E-state index contributed by atoms with van der Waals surface area (Å²) in [6.07, 6.45) is 0. The number of aromatic hydroxyl groups is 1. The first kappa shape index (κ1) is 17.9. The van der Waals surface area contributed by atoms with Crippen LogP contribution in [0.1, 0.15) is 15.9 Å². The number of phenols is 1. The molecule has 3 aromatic carbocycles. The third kappa shape index (κ3) is 3.37. The van der Waals surface area contributed by atoms with E-state index in [1.807, 2.05) is 6.07 Å². The highest BCUT2D eigenvalue weighted by Gasteiger charge is 2.13. The number of phenolic OH excluding ortho intramolecular Hbond substituents is 1. The molecule has 0 aliphatic carbocycles. The SMILES string of the molecule is Cc1ccc(Oc2nc3cc(-c4cccc(O)c4)c(Cl)cc3[nH]2)cc1C(=O)O. The van der Waals surface area contributed by atoms with E-state index in [-0.39, 0.29) is 17.3 Å². The van der Waals surface area contributed by atoms with Gasteiger partial charge >= 0.3 is 5.97 Å². The fourth-order valence-corrected chi connectivity index (χ4v) is 3.23. The average molecular weight is 395 g/mol. The maximum atomic E-state index is 11.3. The Kier molecular flexibility index (Phi) is 4.41. The Morgan fingerprint density at radius 2 is 1.96 bits per heavy atom. The average Bonchev–Trinajstić information content (AvgIpc) is 3.03. The molecule has 0 aliphatic heterocycles. The number of aromatic amines is 1. The number of aryl methyl sites for hydroxylation is 1. The van der Waals surface area contributed by atoms with Gasteiger partial charge in [0.15, 0.2) is 0 Å². The summed E-state index contributed by atoms with van der Waals surface area (Å²) >= 11 is 6.40. The standard InChI is InChI=1S/C21H15ClN2O4/c1-11-5-6-14(8-15(11)20(26)27)28-21-23-18-9-16(17(22)10-19(18)24-21)12-3-2-4-13(25)7-12/h2-10,25H,1H3,(H,23,24)(H,26,27). The number of aromatic carboxylic acids is 1. The normalized spacial score (nSPS) is 10.9. The van der Waals surface area contributed by atoms with Crippen LogP contribution < -0.4 is 4.74 Å². The van der Waals surface area contributed by atoms with Crippen LogP contribution in [0.5, 0.6) is 17.5 Å². The molecule has 140 valence electrons. The van der Waals surface area contributed by atoms with Crippen molar-refractivity contribution in [1.29, 1.82) is 0 Å². The number of imidazole rings is 1. The Balaban J connectivity index is 1.71. The van der Waals surface area contributed by atoms with Crippen molar-refractivity contribution in [3.63, 3.8) is 0 Å². The fourth-order valence-electron chi connectivity index (χ4n) is 2.96. The molecule has 0 saturated carbocycles. The van der Waals surface area contributed by atoms with E-state index < -0.39 is 5.97 Å². The smallest absolute Gasteiger partial charge is 0.336 e. The number of aromatic nitrogens is 2. The molecule has 4 rings (SSSR count). The number of hydrogen-bond acceptors (Lipinski definition) is 4. The van der Waals surface area contributed by atoms with Gasteiger partial charge in [-0.1, -0.05) is 29.8 Å². The number of carbonyl (C=O) groups is 1. The van der Waals surface area contributed by atoms with Crippen molar-refractivity contribution >= 4 is 28.6 Å². The Hall–Kier alpha value is -3.51. The highest BCUT2D eigenvalue weighted by molar-refractivity contribution is 6.34. The Labute approximate surface area is 165 Å². The fraction of sp³-hybridized carbons (Fsp3) is 0.0476. The Morgan fingerprint density at radius 3 is 2.71 bits per heavy atom. The molecule has 0 radical (unpaired) electrons. The number of carboxylic acid groups (broad SMARTS) is 1. The molecule has 7 heteroatoms. The molecule has 28 heavy (non-hydrogen) atoms. The molecule has 1 aromatic heterocycles. The highest BCUT2D eigenvalue weighted by Crippen LogP contribution is 2.34. The van der Waals surface area contributed by atoms with E-state index in [1.165, 1.54) is 6.07 Å². The highest BCUT2D eigenvalue weighted by atomic mass is 35.5. The molecule has 1 heterocycles. The lowest BCUT2D eigenvalue weighted by atomic mass is 10.0. The van der Waals surface area contributed by atoms with Crippen molar-refractivity contribution in [2.75, 3.05) is 0 Å². The van der Waals surface area contributed by atoms with Crippen molar-refractivity contribution in [3.05, 3.63) is 70.7 Å². The molecule has 3 N–H and O–H groups in total. The molecule has 4 aromatic rings. The van der Waals surface area contributed by atoms with E-state index in [1.54, 1.807) is 49.4 Å². The van der Waals surface area contributed by atoms with Crippen LogP contribution in [0.4, 0.5) is 0 Å². The molecule has 0 aliphatic rings. The van der Waals surface area contributed by atoms with Gasteiger partial charge in [-0.25, -0.2) is 4.79 Å². The lowest BCUT2D eigenvalue weighted by Gasteiger charge is -2.05. The summed E-state index contributed by atoms with van der Waals surface area (Å²) < 4.78 is 5.70. The minimum atomic E-state index is -1.02. The lowest BCUT2D eigenvalue weighted by Crippen LogP contribution is -2.00. The van der Waals surface area contributed by atoms with Crippen LogP contribution in [-0.4, -0.2) is 26.2 Å². The molecule has 0 amide bonds. The number of nitrogens with one attached hydrogen (secondary N) is 1. The molecule has 6 nitrogen and oxygen atoms in total. The summed E-state index contributed by atoms with van der Waals surface area (Å²) in [4.78, 5) is 18.7. The van der Waals surface area contributed by atoms with Gasteiger partial charge in [-0.15, -0.1) is 0 Å². The van der Waals surface area contributed by atoms with Crippen LogP contribution in [0, 0.1) is 6.92 Å². The molecule has 0 atom stereocenters. The van der Waals surface area contributed by atoms with E-state index in [2.05, 4.69) is 9.97 Å². The number of ether oxygens (including phenoxy) is 1. The molecule has 0 spiro atoms. The first-order chi connectivity index (χ1) is 13.4. The third-order valence-corrected chi connectivity index (χ3v) is 4.67. The number of carboxylic acids is 1. The van der Waals surface area contributed by atoms with Crippen LogP contribution in [0.15, 0.2) is 54.6 Å². The van der Waals surface area contributed by atoms with E-state index in [0.29, 0.717) is 27.4 Å². The van der Waals surface area contributed by atoms with Gasteiger partial charge in [0.25, 0.3) is 6.01 Å². The number of H-pyrrole nitrogens is 1. The maximum absolute atomic E-state index is 11.3. The molecular weight excluding hydrogens is 380 g/mol. The van der Waals surface area contributed by atoms with Gasteiger partial charge in [0, 0.05) is 5.56 Å². The number of fused-ring (bicyclic) bond motifs is 1. The molecular formula is C21H15ClN2O4. The van der Waals surface area contributed by atoms with Crippen molar-refractivity contribution in [3.8, 4) is 28.6 Å². The van der Waals surface area contributed by atoms with E-state index in [4.69, 9.17) is 16.3 Å². The summed E-state index contributed by atoms with van der Waals surface area (Å²) in [5.74, 6) is -0.509. The van der Waals surface area contributed by atoms with Crippen LogP contribution in [-0.2, 0) is 0 Å². The maximum Gasteiger partial charge on any atom is 0.336 e. The van der Waals surface area contributed by atoms with E-state index in [0.717, 1.165) is 11.1 Å². The largest absolute Gasteiger partial charge is 0.508 e. The number of rotatable bonds is 4. The zero-order chi connectivity index (χ0) is 19.8. The first-order valence-corrected chi connectivity index (χ1v) is 8.79. The summed E-state index contributed by atoms with van der Waals surface area (Å²) in [6, 6.07) is 15.4. The van der Waals surface area contributed by atoms with Gasteiger partial charge in [0.2, 0.25) is 0 Å². The van der Waals surface area contributed by atoms with Gasteiger partial charge in [0.05, 0.1) is 21.6 Å². The van der Waals surface area contributed by atoms with E-state index in [9.17, 15) is 15.0 Å². The second-order valence-corrected chi connectivity index (χ2v) is 6.73. The summed E-state index contributed by atoms with van der Waals surface area (Å²) in [5, 5.41) is 19.4. The minimum absolute atomic E-state index is 0.147. The van der Waals surface area contributed by atoms with Gasteiger partial charge in [-0.05, 0) is 54.4 Å². The van der Waals surface area contributed by atoms with E-state index >= 15 is 0 Å². The quantitative estimate of drug-likeness (QED) is 0.431. The molecule has 0 fully saturated rings. The zero-order valence-corrected chi connectivity index (χ0v) is 15.5. The van der Waals surface area contributed by atoms with Crippen LogP contribution >= 0.6 is 11.6 Å². The van der Waals surface area contributed by atoms with Gasteiger partial charge in [0.1, 0.15) is 11.5 Å². The van der Waals surface area contributed by atoms with Crippen molar-refractivity contribution < 1.29 is 19.7 Å². The summed E-state index contributed by atoms with van der Waals surface area (Å²) in [7, 11) is 0. The second-order valence-electron chi connectivity index (χ2n) is 6.33. The predicted molar refractivity (Wildman–Crippen MR) is 106 cm³/mol. The monoisotopic (exact) mass is 394 g/mol. The minimum Gasteiger partial charge on any atom is -0.508 e. The number of benzene rings is 3. The third-order valence-electron chi connectivity index (χ3n) is 4.36. The number of hydrogen-bond donors (Lipinski definition) is 3. The molecule has 0 saturated heterocycles. The number of halogens is 1. The first-order valence-electron chi connectivity index (χ1n) is 8.41. The second kappa shape index (κ2) is 6.90. The van der Waals surface area contributed by atoms with Crippen molar-refractivity contribution in [1.82, 2.24) is 9.97 Å². The Morgan fingerprint density at radius 1 is 1.14 bits per heavy atom. The topological polar surface area (TPSA) is 95.4 Å².